The van der Waals surface area contributed by atoms with E-state index in [0.29, 0.717) is 25.2 Å². The first-order valence-corrected chi connectivity index (χ1v) is 10.5. The molecule has 0 radical (unpaired) electrons. The SMILES string of the molecule is CC(O)[C@@]1(O)CC[C@@]2(O)[C@@H]3CCC4CC(O)CC[C@]4(C)[C@H]3CC(O)[C@@]21C. The van der Waals surface area contributed by atoms with Gasteiger partial charge < -0.3 is 25.5 Å². The van der Waals surface area contributed by atoms with E-state index >= 15 is 0 Å². The number of fused-ring (bicyclic) bond motifs is 5. The largest absolute Gasteiger partial charge is 0.393 e. The minimum absolute atomic E-state index is 0.0196. The van der Waals surface area contributed by atoms with Crippen LogP contribution in [0.2, 0.25) is 0 Å². The molecular weight excluding hydrogens is 332 g/mol. The normalized spacial score (nSPS) is 60.7. The van der Waals surface area contributed by atoms with Gasteiger partial charge in [-0.3, -0.25) is 0 Å². The predicted molar refractivity (Wildman–Crippen MR) is 97.2 cm³/mol. The monoisotopic (exact) mass is 368 g/mol. The molecule has 0 spiro atoms. The Hall–Kier alpha value is -0.200. The molecule has 5 N–H and O–H groups in total. The highest BCUT2D eigenvalue weighted by Crippen LogP contribution is 2.70. The van der Waals surface area contributed by atoms with Crippen molar-refractivity contribution in [2.45, 2.75) is 102 Å². The Morgan fingerprint density at radius 3 is 2.23 bits per heavy atom. The number of hydrogen-bond acceptors (Lipinski definition) is 5. The minimum atomic E-state index is -1.47. The van der Waals surface area contributed by atoms with Gasteiger partial charge in [-0.05, 0) is 81.5 Å². The van der Waals surface area contributed by atoms with Crippen molar-refractivity contribution in [3.63, 3.8) is 0 Å². The van der Waals surface area contributed by atoms with E-state index in [1.54, 1.807) is 13.8 Å². The molecule has 0 saturated heterocycles. The van der Waals surface area contributed by atoms with Gasteiger partial charge in [-0.2, -0.15) is 0 Å². The number of rotatable bonds is 1. The van der Waals surface area contributed by atoms with Gasteiger partial charge in [-0.1, -0.05) is 13.8 Å². The van der Waals surface area contributed by atoms with E-state index in [-0.39, 0.29) is 23.4 Å². The predicted octanol–water partition coefficient (Wildman–Crippen LogP) is 1.59. The number of aliphatic hydroxyl groups is 5. The Morgan fingerprint density at radius 2 is 1.58 bits per heavy atom. The molecule has 0 heterocycles. The fraction of sp³-hybridized carbons (Fsp3) is 1.00. The van der Waals surface area contributed by atoms with Gasteiger partial charge in [0.2, 0.25) is 0 Å². The minimum Gasteiger partial charge on any atom is -0.393 e. The number of aliphatic hydroxyl groups excluding tert-OH is 3. The van der Waals surface area contributed by atoms with Gasteiger partial charge in [0.25, 0.3) is 0 Å². The quantitative estimate of drug-likeness (QED) is 0.484. The van der Waals surface area contributed by atoms with Crippen molar-refractivity contribution >= 4 is 0 Å². The van der Waals surface area contributed by atoms with E-state index in [4.69, 9.17) is 0 Å². The van der Waals surface area contributed by atoms with Crippen LogP contribution < -0.4 is 0 Å². The van der Waals surface area contributed by atoms with Gasteiger partial charge in [0, 0.05) is 0 Å². The molecule has 0 amide bonds. The first kappa shape index (κ1) is 19.1. The zero-order chi connectivity index (χ0) is 19.1. The van der Waals surface area contributed by atoms with Crippen molar-refractivity contribution in [3.05, 3.63) is 0 Å². The molecule has 4 saturated carbocycles. The van der Waals surface area contributed by atoms with Crippen molar-refractivity contribution in [2.75, 3.05) is 0 Å². The summed E-state index contributed by atoms with van der Waals surface area (Å²) in [5.74, 6) is 0.656. The first-order chi connectivity index (χ1) is 12.0. The smallest absolute Gasteiger partial charge is 0.101 e. The Balaban J connectivity index is 1.75. The summed E-state index contributed by atoms with van der Waals surface area (Å²) < 4.78 is 0. The average molecular weight is 369 g/mol. The molecule has 0 aromatic rings. The third-order valence-electron chi connectivity index (χ3n) is 9.80. The van der Waals surface area contributed by atoms with Crippen LogP contribution in [0.4, 0.5) is 0 Å². The van der Waals surface area contributed by atoms with Crippen molar-refractivity contribution in [2.24, 2.45) is 28.6 Å². The molecular formula is C21H36O5. The van der Waals surface area contributed by atoms with E-state index in [0.717, 1.165) is 32.1 Å². The van der Waals surface area contributed by atoms with Crippen molar-refractivity contribution in [1.82, 2.24) is 0 Å². The van der Waals surface area contributed by atoms with Crippen molar-refractivity contribution in [3.8, 4) is 0 Å². The van der Waals surface area contributed by atoms with Gasteiger partial charge >= 0.3 is 0 Å². The topological polar surface area (TPSA) is 101 Å². The van der Waals surface area contributed by atoms with E-state index in [1.165, 1.54) is 0 Å². The summed E-state index contributed by atoms with van der Waals surface area (Å²) in [6.07, 6.45) is 3.62. The van der Waals surface area contributed by atoms with E-state index < -0.39 is 28.8 Å². The van der Waals surface area contributed by atoms with Crippen LogP contribution in [-0.2, 0) is 0 Å². The lowest BCUT2D eigenvalue weighted by molar-refractivity contribution is -0.286. The van der Waals surface area contributed by atoms with Crippen LogP contribution in [0, 0.1) is 28.6 Å². The molecule has 10 atom stereocenters. The zero-order valence-corrected chi connectivity index (χ0v) is 16.4. The van der Waals surface area contributed by atoms with Gasteiger partial charge in [0.15, 0.2) is 0 Å². The second-order valence-corrected chi connectivity index (χ2v) is 10.4. The molecule has 4 aliphatic carbocycles. The Bertz CT molecular complexity index is 581. The summed E-state index contributed by atoms with van der Waals surface area (Å²) in [6.45, 7) is 5.64. The summed E-state index contributed by atoms with van der Waals surface area (Å²) in [4.78, 5) is 0. The summed E-state index contributed by atoms with van der Waals surface area (Å²) >= 11 is 0. The Morgan fingerprint density at radius 1 is 0.885 bits per heavy atom. The Kier molecular flexibility index (Phi) is 4.17. The van der Waals surface area contributed by atoms with Crippen molar-refractivity contribution < 1.29 is 25.5 Å². The van der Waals surface area contributed by atoms with E-state index in [1.807, 2.05) is 0 Å². The second kappa shape index (κ2) is 5.66. The molecule has 150 valence electrons. The van der Waals surface area contributed by atoms with Crippen LogP contribution in [0.25, 0.3) is 0 Å². The third kappa shape index (κ3) is 2.04. The first-order valence-electron chi connectivity index (χ1n) is 10.5. The molecule has 4 rings (SSSR count). The van der Waals surface area contributed by atoms with Crippen molar-refractivity contribution in [1.29, 1.82) is 0 Å². The lowest BCUT2D eigenvalue weighted by Gasteiger charge is -2.65. The lowest BCUT2D eigenvalue weighted by atomic mass is 9.42. The van der Waals surface area contributed by atoms with Crippen LogP contribution in [0.1, 0.15) is 72.1 Å². The molecule has 0 aromatic heterocycles. The summed E-state index contributed by atoms with van der Waals surface area (Å²) in [6, 6.07) is 0. The highest BCUT2D eigenvalue weighted by molar-refractivity contribution is 5.25. The average Bonchev–Trinajstić information content (AvgIpc) is 2.80. The molecule has 26 heavy (non-hydrogen) atoms. The van der Waals surface area contributed by atoms with Crippen LogP contribution in [0.3, 0.4) is 0 Å². The van der Waals surface area contributed by atoms with E-state index in [2.05, 4.69) is 6.92 Å². The Labute approximate surface area is 156 Å². The molecule has 0 aliphatic heterocycles. The van der Waals surface area contributed by atoms with Crippen LogP contribution in [0.5, 0.6) is 0 Å². The highest BCUT2D eigenvalue weighted by atomic mass is 16.4. The third-order valence-corrected chi connectivity index (χ3v) is 9.80. The second-order valence-electron chi connectivity index (χ2n) is 10.4. The molecule has 0 aromatic carbocycles. The maximum atomic E-state index is 11.9. The number of hydrogen-bond donors (Lipinski definition) is 5. The molecule has 5 nitrogen and oxygen atoms in total. The van der Waals surface area contributed by atoms with E-state index in [9.17, 15) is 25.5 Å². The van der Waals surface area contributed by atoms with Crippen LogP contribution in [0.15, 0.2) is 0 Å². The van der Waals surface area contributed by atoms with Crippen LogP contribution >= 0.6 is 0 Å². The summed E-state index contributed by atoms with van der Waals surface area (Å²) in [5.41, 5.74) is -3.73. The molecule has 0 bridgehead atoms. The molecule has 5 heteroatoms. The maximum absolute atomic E-state index is 11.9. The lowest BCUT2D eigenvalue weighted by Crippen LogP contribution is -2.71. The maximum Gasteiger partial charge on any atom is 0.101 e. The van der Waals surface area contributed by atoms with Gasteiger partial charge in [-0.25, -0.2) is 0 Å². The van der Waals surface area contributed by atoms with Gasteiger partial charge in [-0.15, -0.1) is 0 Å². The molecule has 4 fully saturated rings. The van der Waals surface area contributed by atoms with Gasteiger partial charge in [0.05, 0.1) is 29.3 Å². The molecule has 4 aliphatic rings. The zero-order valence-electron chi connectivity index (χ0n) is 16.4. The summed E-state index contributed by atoms with van der Waals surface area (Å²) in [7, 11) is 0. The fourth-order valence-electron chi connectivity index (χ4n) is 7.92. The standard InChI is InChI=1S/C21H36O5/c1-12(22)20(25)8-9-21(26)15-5-4-13-10-14(23)6-7-18(13,2)16(15)11-17(24)19(20,21)3/h12-17,22-26H,4-11H2,1-3H3/t12?,13?,14?,15-,16+,17?,18+,19-,20+,21-/m1/s1. The summed E-state index contributed by atoms with van der Waals surface area (Å²) in [5, 5.41) is 54.8. The van der Waals surface area contributed by atoms with Crippen LogP contribution in [-0.4, -0.2) is 55.0 Å². The fourth-order valence-corrected chi connectivity index (χ4v) is 7.92. The highest BCUT2D eigenvalue weighted by Gasteiger charge is 2.75. The van der Waals surface area contributed by atoms with Gasteiger partial charge in [0.1, 0.15) is 5.60 Å². The molecule has 4 unspecified atom stereocenters.